The minimum absolute atomic E-state index is 0.0122. The molecule has 0 spiro atoms. The van der Waals surface area contributed by atoms with Crippen LogP contribution in [0.2, 0.25) is 5.02 Å². The molecule has 0 aromatic heterocycles. The smallest absolute Gasteiger partial charge is 0.239 e. The van der Waals surface area contributed by atoms with Gasteiger partial charge in [-0.3, -0.25) is 14.5 Å². The average molecular weight is 687 g/mol. The molecule has 0 aliphatic carbocycles. The second-order valence-corrected chi connectivity index (χ2v) is 13.6. The second-order valence-electron chi connectivity index (χ2n) is 13.1. The van der Waals surface area contributed by atoms with E-state index in [0.29, 0.717) is 81.7 Å². The fourth-order valence-electron chi connectivity index (χ4n) is 7.05. The minimum Gasteiger partial charge on any atom is -0.493 e. The molecule has 11 nitrogen and oxygen atoms in total. The van der Waals surface area contributed by atoms with Crippen LogP contribution >= 0.6 is 11.6 Å². The molecular weight excluding hydrogens is 635 g/mol. The fraction of sp³-hybridized carbons (Fsp3) is 0.600. The fourth-order valence-corrected chi connectivity index (χ4v) is 7.25. The van der Waals surface area contributed by atoms with Gasteiger partial charge in [0.1, 0.15) is 11.6 Å². The number of benzene rings is 2. The van der Waals surface area contributed by atoms with Crippen LogP contribution in [0.25, 0.3) is 0 Å². The summed E-state index contributed by atoms with van der Waals surface area (Å²) in [4.78, 5) is 32.2. The summed E-state index contributed by atoms with van der Waals surface area (Å²) in [5.74, 6) is 0.465. The van der Waals surface area contributed by atoms with Crippen molar-refractivity contribution >= 4 is 29.1 Å². The first-order chi connectivity index (χ1) is 23.2. The first kappa shape index (κ1) is 36.3. The quantitative estimate of drug-likeness (QED) is 0.202. The highest BCUT2D eigenvalue weighted by Crippen LogP contribution is 2.27. The van der Waals surface area contributed by atoms with Gasteiger partial charge in [-0.15, -0.1) is 0 Å². The van der Waals surface area contributed by atoms with Crippen molar-refractivity contribution < 1.29 is 18.7 Å². The number of nitrogens with one attached hydrogen (secondary N) is 3. The van der Waals surface area contributed by atoms with Crippen molar-refractivity contribution in [2.45, 2.75) is 57.3 Å². The van der Waals surface area contributed by atoms with Crippen LogP contribution in [-0.2, 0) is 22.6 Å². The van der Waals surface area contributed by atoms with E-state index in [9.17, 15) is 14.0 Å². The summed E-state index contributed by atoms with van der Waals surface area (Å²) in [5.41, 5.74) is 14.9. The summed E-state index contributed by atoms with van der Waals surface area (Å²) in [5, 5.41) is 10.5. The highest BCUT2D eigenvalue weighted by atomic mass is 35.5. The van der Waals surface area contributed by atoms with E-state index in [1.807, 2.05) is 30.0 Å². The van der Waals surface area contributed by atoms with E-state index in [2.05, 4.69) is 25.8 Å². The lowest BCUT2D eigenvalue weighted by atomic mass is 9.88. The summed E-state index contributed by atoms with van der Waals surface area (Å²) in [6.45, 7) is 9.58. The SMILES string of the molecule is CCOc1cccc(F)c1CN1CCN(C(=O)[C@H](N)C2CCN(CCc3cc(Cl)ccc3N[C@@H]3CN[C@@H](C(=O)NCCN)C3)CC2)CC1. The number of rotatable bonds is 14. The Labute approximate surface area is 288 Å². The largest absolute Gasteiger partial charge is 0.493 e. The first-order valence-corrected chi connectivity index (χ1v) is 17.8. The number of nitrogens with two attached hydrogens (primary N) is 2. The standard InChI is InChI=1S/C35H52ClFN8O3/c1-2-48-32-5-3-4-29(37)28(32)23-44-16-18-45(19-17-44)35(47)33(39)24-8-13-43(14-9-24)15-10-25-20-26(36)6-7-30(25)42-27-21-31(41-22-27)34(46)40-12-11-38/h3-7,20,24,27,31,33,41-42H,2,8-19,21-23,38-39H2,1H3,(H,40,46)/t27-,31+,33+/m0/s1. The van der Waals surface area contributed by atoms with Crippen LogP contribution < -0.4 is 32.2 Å². The van der Waals surface area contributed by atoms with E-state index < -0.39 is 6.04 Å². The van der Waals surface area contributed by atoms with Gasteiger partial charge in [-0.1, -0.05) is 17.7 Å². The number of hydrogen-bond acceptors (Lipinski definition) is 9. The molecule has 0 radical (unpaired) electrons. The third-order valence-electron chi connectivity index (χ3n) is 9.88. The number of piperazine rings is 1. The van der Waals surface area contributed by atoms with Crippen LogP contribution in [-0.4, -0.2) is 117 Å². The molecule has 48 heavy (non-hydrogen) atoms. The molecule has 264 valence electrons. The van der Waals surface area contributed by atoms with Gasteiger partial charge in [0.25, 0.3) is 0 Å². The van der Waals surface area contributed by atoms with Crippen LogP contribution in [0.4, 0.5) is 10.1 Å². The molecule has 3 heterocycles. The van der Waals surface area contributed by atoms with Crippen molar-refractivity contribution in [3.05, 3.63) is 58.4 Å². The molecule has 3 aliphatic rings. The normalized spacial score (nSPS) is 21.6. The maximum absolute atomic E-state index is 14.6. The van der Waals surface area contributed by atoms with Crippen LogP contribution in [0.15, 0.2) is 36.4 Å². The summed E-state index contributed by atoms with van der Waals surface area (Å²) in [7, 11) is 0. The number of halogens is 2. The number of carbonyl (C=O) groups excluding carboxylic acids is 2. The van der Waals surface area contributed by atoms with Crippen molar-refractivity contribution in [1.82, 2.24) is 25.3 Å². The molecular formula is C35H52ClFN8O3. The van der Waals surface area contributed by atoms with Crippen molar-refractivity contribution in [2.75, 3.05) is 77.4 Å². The Morgan fingerprint density at radius 3 is 2.60 bits per heavy atom. The number of amides is 2. The first-order valence-electron chi connectivity index (χ1n) is 17.4. The molecule has 13 heteroatoms. The van der Waals surface area contributed by atoms with Crippen LogP contribution in [0, 0.1) is 11.7 Å². The lowest BCUT2D eigenvalue weighted by Gasteiger charge is -2.39. The van der Waals surface area contributed by atoms with Gasteiger partial charge < -0.3 is 42.0 Å². The van der Waals surface area contributed by atoms with E-state index in [4.69, 9.17) is 27.8 Å². The Morgan fingerprint density at radius 2 is 1.88 bits per heavy atom. The molecule has 2 aromatic rings. The zero-order valence-corrected chi connectivity index (χ0v) is 28.8. The Bertz CT molecular complexity index is 1370. The second kappa shape index (κ2) is 17.6. The van der Waals surface area contributed by atoms with Gasteiger partial charge in [-0.2, -0.15) is 0 Å². The van der Waals surface area contributed by atoms with Gasteiger partial charge in [0.05, 0.1) is 18.7 Å². The van der Waals surface area contributed by atoms with E-state index >= 15 is 0 Å². The molecule has 3 saturated heterocycles. The Balaban J connectivity index is 1.05. The summed E-state index contributed by atoms with van der Waals surface area (Å²) in [6, 6.07) is 10.3. The number of nitrogens with zero attached hydrogens (tertiary/aromatic N) is 3. The third-order valence-corrected chi connectivity index (χ3v) is 10.1. The molecule has 3 aliphatic heterocycles. The molecule has 5 rings (SSSR count). The van der Waals surface area contributed by atoms with Crippen molar-refractivity contribution in [3.8, 4) is 5.75 Å². The number of hydrogen-bond donors (Lipinski definition) is 5. The number of likely N-dealkylation sites (tertiary alicyclic amines) is 1. The van der Waals surface area contributed by atoms with Gasteiger partial charge >= 0.3 is 0 Å². The lowest BCUT2D eigenvalue weighted by Crippen LogP contribution is -2.55. The van der Waals surface area contributed by atoms with E-state index in [1.54, 1.807) is 12.1 Å². The number of anilines is 1. The Kier molecular flexibility index (Phi) is 13.3. The number of ether oxygens (including phenoxy) is 1. The minimum atomic E-state index is -0.514. The average Bonchev–Trinajstić information content (AvgIpc) is 3.57. The van der Waals surface area contributed by atoms with E-state index in [0.717, 1.165) is 50.1 Å². The summed E-state index contributed by atoms with van der Waals surface area (Å²) < 4.78 is 20.2. The predicted octanol–water partition coefficient (Wildman–Crippen LogP) is 2.02. The molecule has 7 N–H and O–H groups in total. The molecule has 0 saturated carbocycles. The maximum Gasteiger partial charge on any atom is 0.239 e. The Morgan fingerprint density at radius 1 is 1.10 bits per heavy atom. The lowest BCUT2D eigenvalue weighted by molar-refractivity contribution is -0.136. The third kappa shape index (κ3) is 9.58. The van der Waals surface area contributed by atoms with Crippen molar-refractivity contribution in [1.29, 1.82) is 0 Å². The van der Waals surface area contributed by atoms with Gasteiger partial charge in [-0.25, -0.2) is 4.39 Å². The van der Waals surface area contributed by atoms with Crippen molar-refractivity contribution in [3.63, 3.8) is 0 Å². The van der Waals surface area contributed by atoms with Crippen LogP contribution in [0.5, 0.6) is 5.75 Å². The van der Waals surface area contributed by atoms with Crippen LogP contribution in [0.1, 0.15) is 37.3 Å². The van der Waals surface area contributed by atoms with Gasteiger partial charge in [0.15, 0.2) is 0 Å². The summed E-state index contributed by atoms with van der Waals surface area (Å²) >= 11 is 6.39. The zero-order valence-electron chi connectivity index (χ0n) is 28.1. The number of carbonyl (C=O) groups is 2. The molecule has 0 bridgehead atoms. The van der Waals surface area contributed by atoms with E-state index in [1.165, 1.54) is 6.07 Å². The molecule has 2 aromatic carbocycles. The zero-order chi connectivity index (χ0) is 34.0. The van der Waals surface area contributed by atoms with Gasteiger partial charge in [0, 0.05) is 81.2 Å². The summed E-state index contributed by atoms with van der Waals surface area (Å²) in [6.07, 6.45) is 3.29. The highest BCUT2D eigenvalue weighted by Gasteiger charge is 2.33. The Hall–Kier alpha value is -3.00. The van der Waals surface area contributed by atoms with Gasteiger partial charge in [0.2, 0.25) is 11.8 Å². The molecule has 3 fully saturated rings. The predicted molar refractivity (Wildman–Crippen MR) is 188 cm³/mol. The molecule has 0 unspecified atom stereocenters. The highest BCUT2D eigenvalue weighted by molar-refractivity contribution is 6.30. The van der Waals surface area contributed by atoms with Crippen molar-refractivity contribution in [2.24, 2.45) is 17.4 Å². The number of piperidine rings is 1. The van der Waals surface area contributed by atoms with Crippen LogP contribution in [0.3, 0.4) is 0 Å². The van der Waals surface area contributed by atoms with E-state index in [-0.39, 0.29) is 35.6 Å². The molecule has 2 amide bonds. The monoisotopic (exact) mass is 686 g/mol. The topological polar surface area (TPSA) is 141 Å². The molecule has 3 atom stereocenters. The van der Waals surface area contributed by atoms with Gasteiger partial charge in [-0.05, 0) is 87.5 Å². The maximum atomic E-state index is 14.6.